The van der Waals surface area contributed by atoms with Gasteiger partial charge in [0.1, 0.15) is 5.75 Å². The lowest BCUT2D eigenvalue weighted by Crippen LogP contribution is -2.40. The zero-order valence-corrected chi connectivity index (χ0v) is 13.7. The molecule has 0 aliphatic heterocycles. The van der Waals surface area contributed by atoms with Gasteiger partial charge in [-0.3, -0.25) is 4.79 Å². The molecular weight excluding hydrogens is 256 g/mol. The highest BCUT2D eigenvalue weighted by Crippen LogP contribution is 2.37. The quantitative estimate of drug-likeness (QED) is 0.472. The van der Waals surface area contributed by atoms with Crippen molar-refractivity contribution in [3.8, 4) is 5.75 Å². The lowest BCUT2D eigenvalue weighted by molar-refractivity contribution is -0.131. The Bertz CT molecular complexity index is 430. The van der Waals surface area contributed by atoms with E-state index in [0.29, 0.717) is 12.4 Å². The van der Waals surface area contributed by atoms with Crippen LogP contribution in [0.25, 0.3) is 0 Å². The van der Waals surface area contributed by atoms with Gasteiger partial charge in [-0.25, -0.2) is 0 Å². The van der Waals surface area contributed by atoms with Crippen LogP contribution in [0.15, 0.2) is 24.3 Å². The van der Waals surface area contributed by atoms with E-state index in [1.54, 1.807) is 12.1 Å². The van der Waals surface area contributed by atoms with Gasteiger partial charge in [-0.1, -0.05) is 32.9 Å². The standard InChI is InChI=1S/C15H24O3Si/c1-12(16)18-14-9-7-13(8-10-14)11-17-19(5,6)15(2,3)4/h7-10H,11H2,1-6H3. The number of carbonyl (C=O) groups is 1. The fourth-order valence-electron chi connectivity index (χ4n) is 1.30. The molecule has 0 bridgehead atoms. The summed E-state index contributed by atoms with van der Waals surface area (Å²) < 4.78 is 11.1. The van der Waals surface area contributed by atoms with Crippen molar-refractivity contribution in [1.29, 1.82) is 0 Å². The molecule has 0 atom stereocenters. The summed E-state index contributed by atoms with van der Waals surface area (Å²) in [6.45, 7) is 13.2. The Hall–Kier alpha value is -1.13. The number of carbonyl (C=O) groups excluding carboxylic acids is 1. The summed E-state index contributed by atoms with van der Waals surface area (Å²) in [5.41, 5.74) is 1.10. The molecule has 0 amide bonds. The molecule has 1 aromatic carbocycles. The summed E-state index contributed by atoms with van der Waals surface area (Å²) >= 11 is 0. The molecule has 106 valence electrons. The van der Waals surface area contributed by atoms with E-state index in [1.807, 2.05) is 12.1 Å². The van der Waals surface area contributed by atoms with E-state index < -0.39 is 8.32 Å². The van der Waals surface area contributed by atoms with E-state index >= 15 is 0 Å². The lowest BCUT2D eigenvalue weighted by atomic mass is 10.2. The minimum absolute atomic E-state index is 0.213. The van der Waals surface area contributed by atoms with E-state index in [1.165, 1.54) is 6.92 Å². The number of hydrogen-bond acceptors (Lipinski definition) is 3. The van der Waals surface area contributed by atoms with Gasteiger partial charge in [0, 0.05) is 6.92 Å². The highest BCUT2D eigenvalue weighted by atomic mass is 28.4. The monoisotopic (exact) mass is 280 g/mol. The van der Waals surface area contributed by atoms with Gasteiger partial charge in [-0.2, -0.15) is 0 Å². The first-order valence-electron chi connectivity index (χ1n) is 6.53. The molecule has 1 aromatic rings. The second-order valence-corrected chi connectivity index (χ2v) is 11.1. The van der Waals surface area contributed by atoms with Crippen molar-refractivity contribution in [3.05, 3.63) is 29.8 Å². The Kier molecular flexibility index (Phi) is 4.93. The second kappa shape index (κ2) is 5.88. The summed E-state index contributed by atoms with van der Waals surface area (Å²) in [6, 6.07) is 7.47. The maximum atomic E-state index is 10.8. The van der Waals surface area contributed by atoms with Crippen LogP contribution in [0.5, 0.6) is 5.75 Å². The molecule has 0 aliphatic carbocycles. The van der Waals surface area contributed by atoms with Gasteiger partial charge in [0.2, 0.25) is 0 Å². The Labute approximate surface area is 117 Å². The predicted molar refractivity (Wildman–Crippen MR) is 79.7 cm³/mol. The van der Waals surface area contributed by atoms with Gasteiger partial charge in [-0.15, -0.1) is 0 Å². The van der Waals surface area contributed by atoms with Crippen LogP contribution in [0.1, 0.15) is 33.3 Å². The van der Waals surface area contributed by atoms with Gasteiger partial charge >= 0.3 is 5.97 Å². The molecule has 3 nitrogen and oxygen atoms in total. The van der Waals surface area contributed by atoms with Gasteiger partial charge in [0.25, 0.3) is 0 Å². The highest BCUT2D eigenvalue weighted by molar-refractivity contribution is 6.74. The van der Waals surface area contributed by atoms with Crippen molar-refractivity contribution in [1.82, 2.24) is 0 Å². The molecule has 0 aliphatic rings. The summed E-state index contributed by atoms with van der Waals surface area (Å²) in [7, 11) is -1.71. The fraction of sp³-hybridized carbons (Fsp3) is 0.533. The SMILES string of the molecule is CC(=O)Oc1ccc(CO[Si](C)(C)C(C)(C)C)cc1. The molecule has 0 unspecified atom stereocenters. The van der Waals surface area contributed by atoms with Crippen molar-refractivity contribution in [2.24, 2.45) is 0 Å². The van der Waals surface area contributed by atoms with Gasteiger partial charge in [-0.05, 0) is 35.8 Å². The zero-order valence-electron chi connectivity index (χ0n) is 12.7. The van der Waals surface area contributed by atoms with Gasteiger partial charge in [0.05, 0.1) is 6.61 Å². The smallest absolute Gasteiger partial charge is 0.308 e. The average molecular weight is 280 g/mol. The molecule has 0 saturated carbocycles. The molecule has 0 spiro atoms. The number of hydrogen-bond donors (Lipinski definition) is 0. The van der Waals surface area contributed by atoms with E-state index in [4.69, 9.17) is 9.16 Å². The molecule has 1 rings (SSSR count). The van der Waals surface area contributed by atoms with Crippen LogP contribution in [0, 0.1) is 0 Å². The Balaban J connectivity index is 2.62. The fourth-order valence-corrected chi connectivity index (χ4v) is 2.26. The lowest BCUT2D eigenvalue weighted by Gasteiger charge is -2.36. The van der Waals surface area contributed by atoms with E-state index in [2.05, 4.69) is 33.9 Å². The molecule has 0 N–H and O–H groups in total. The third kappa shape index (κ3) is 4.80. The minimum atomic E-state index is -1.71. The summed E-state index contributed by atoms with van der Waals surface area (Å²) in [6.07, 6.45) is 0. The summed E-state index contributed by atoms with van der Waals surface area (Å²) in [5, 5.41) is 0.213. The van der Waals surface area contributed by atoms with Crippen molar-refractivity contribution < 1.29 is 14.0 Å². The minimum Gasteiger partial charge on any atom is -0.427 e. The van der Waals surface area contributed by atoms with Crippen LogP contribution in [0.4, 0.5) is 0 Å². The van der Waals surface area contributed by atoms with Gasteiger partial charge < -0.3 is 9.16 Å². The first-order chi connectivity index (χ1) is 8.62. The van der Waals surface area contributed by atoms with E-state index in [0.717, 1.165) is 5.56 Å². The van der Waals surface area contributed by atoms with Crippen LogP contribution in [0.2, 0.25) is 18.1 Å². The highest BCUT2D eigenvalue weighted by Gasteiger charge is 2.36. The molecule has 0 saturated heterocycles. The molecular formula is C15H24O3Si. The largest absolute Gasteiger partial charge is 0.427 e. The molecule has 0 fully saturated rings. The first-order valence-corrected chi connectivity index (χ1v) is 9.44. The normalized spacial score (nSPS) is 12.3. The van der Waals surface area contributed by atoms with Crippen LogP contribution in [-0.4, -0.2) is 14.3 Å². The van der Waals surface area contributed by atoms with Crippen LogP contribution < -0.4 is 4.74 Å². The molecule has 4 heteroatoms. The van der Waals surface area contributed by atoms with Crippen molar-refractivity contribution in [3.63, 3.8) is 0 Å². The molecule has 0 heterocycles. The number of benzene rings is 1. The first kappa shape index (κ1) is 15.9. The third-order valence-corrected chi connectivity index (χ3v) is 8.07. The zero-order chi connectivity index (χ0) is 14.7. The van der Waals surface area contributed by atoms with Crippen LogP contribution in [-0.2, 0) is 15.8 Å². The topological polar surface area (TPSA) is 35.5 Å². The van der Waals surface area contributed by atoms with Crippen LogP contribution in [0.3, 0.4) is 0 Å². The third-order valence-electron chi connectivity index (χ3n) is 3.59. The van der Waals surface area contributed by atoms with E-state index in [9.17, 15) is 4.79 Å². The average Bonchev–Trinajstić information content (AvgIpc) is 2.26. The second-order valence-electron chi connectivity index (χ2n) is 6.29. The molecule has 19 heavy (non-hydrogen) atoms. The summed E-state index contributed by atoms with van der Waals surface area (Å²) in [5.74, 6) is 0.272. The van der Waals surface area contributed by atoms with Crippen LogP contribution >= 0.6 is 0 Å². The van der Waals surface area contributed by atoms with Crippen molar-refractivity contribution >= 4 is 14.3 Å². The number of ether oxygens (including phenoxy) is 1. The van der Waals surface area contributed by atoms with Crippen molar-refractivity contribution in [2.75, 3.05) is 0 Å². The maximum Gasteiger partial charge on any atom is 0.308 e. The number of esters is 1. The maximum absolute atomic E-state index is 10.8. The Morgan fingerprint density at radius 3 is 2.11 bits per heavy atom. The molecule has 0 aromatic heterocycles. The van der Waals surface area contributed by atoms with E-state index in [-0.39, 0.29) is 11.0 Å². The van der Waals surface area contributed by atoms with Gasteiger partial charge in [0.15, 0.2) is 8.32 Å². The summed E-state index contributed by atoms with van der Waals surface area (Å²) in [4.78, 5) is 10.8. The Morgan fingerprint density at radius 1 is 1.16 bits per heavy atom. The van der Waals surface area contributed by atoms with Crippen molar-refractivity contribution in [2.45, 2.75) is 52.4 Å². The number of rotatable bonds is 4. The predicted octanol–water partition coefficient (Wildman–Crippen LogP) is 4.13. The Morgan fingerprint density at radius 2 is 1.68 bits per heavy atom. The molecule has 0 radical (unpaired) electrons.